The SMILES string of the molecule is C.C=C1CCC2CC1C2(C)C.CC1(CC2CCC3CC2C3(C)C)CCC2CC1C2(C)C.CC1=CCC2CC1C2(C)C.CC1C(CC2CCC3CC2C3(C)C)CC2CC1C2(C)C. The summed E-state index contributed by atoms with van der Waals surface area (Å²) in [5.41, 5.74) is 7.76. The predicted molar refractivity (Wildman–Crippen MR) is 265 cm³/mol. The molecule has 16 saturated carbocycles. The molecule has 0 aromatic carbocycles. The van der Waals surface area contributed by atoms with E-state index >= 15 is 0 Å². The molecular formula is C61H104. The molecule has 0 N–H and O–H groups in total. The minimum absolute atomic E-state index is 0. The van der Waals surface area contributed by atoms with Crippen LogP contribution in [0, 0.1) is 133 Å². The van der Waals surface area contributed by atoms with Crippen molar-refractivity contribution in [3.8, 4) is 0 Å². The molecule has 0 radical (unpaired) electrons. The van der Waals surface area contributed by atoms with Gasteiger partial charge in [-0.05, 0) is 255 Å². The molecule has 0 aliphatic heterocycles. The lowest BCUT2D eigenvalue weighted by atomic mass is 9.38. The first kappa shape index (κ1) is 47.0. The highest BCUT2D eigenvalue weighted by molar-refractivity contribution is 5.21. The summed E-state index contributed by atoms with van der Waals surface area (Å²) in [7, 11) is 0. The molecule has 18 aliphatic carbocycles. The Morgan fingerprint density at radius 2 is 1.03 bits per heavy atom. The van der Waals surface area contributed by atoms with Gasteiger partial charge in [-0.25, -0.2) is 0 Å². The van der Waals surface area contributed by atoms with Crippen LogP contribution in [0.4, 0.5) is 0 Å². The van der Waals surface area contributed by atoms with Crippen molar-refractivity contribution < 1.29 is 0 Å². The fourth-order valence-electron chi connectivity index (χ4n) is 20.0. The minimum atomic E-state index is 0. The van der Waals surface area contributed by atoms with Crippen LogP contribution in [0.2, 0.25) is 0 Å². The topological polar surface area (TPSA) is 0 Å². The number of rotatable bonds is 4. The predicted octanol–water partition coefficient (Wildman–Crippen LogP) is 18.3. The molecule has 17 unspecified atom stereocenters. The minimum Gasteiger partial charge on any atom is -0.0996 e. The van der Waals surface area contributed by atoms with Crippen molar-refractivity contribution in [1.29, 1.82) is 0 Å². The first-order valence-electron chi connectivity index (χ1n) is 27.1. The molecule has 16 fully saturated rings. The number of allylic oxidation sites excluding steroid dienone is 3. The van der Waals surface area contributed by atoms with Gasteiger partial charge in [0.1, 0.15) is 0 Å². The van der Waals surface area contributed by atoms with Crippen LogP contribution < -0.4 is 0 Å². The van der Waals surface area contributed by atoms with Gasteiger partial charge in [-0.1, -0.05) is 128 Å². The third kappa shape index (κ3) is 7.26. The molecule has 18 rings (SSSR count). The average Bonchev–Trinajstić information content (AvgIpc) is 3.18. The molecule has 0 amide bonds. The molecule has 61 heavy (non-hydrogen) atoms. The van der Waals surface area contributed by atoms with Gasteiger partial charge in [0.15, 0.2) is 0 Å². The Morgan fingerprint density at radius 3 is 1.46 bits per heavy atom. The Hall–Kier alpha value is -0.520. The Labute approximate surface area is 381 Å². The van der Waals surface area contributed by atoms with Crippen LogP contribution in [0.5, 0.6) is 0 Å². The highest BCUT2D eigenvalue weighted by Crippen LogP contribution is 2.71. The summed E-state index contributed by atoms with van der Waals surface area (Å²) < 4.78 is 0. The lowest BCUT2D eigenvalue weighted by molar-refractivity contribution is -0.177. The summed E-state index contributed by atoms with van der Waals surface area (Å²) in [6.45, 7) is 41.7. The van der Waals surface area contributed by atoms with Gasteiger partial charge in [-0.2, -0.15) is 0 Å². The molecule has 18 aliphatic rings. The van der Waals surface area contributed by atoms with Gasteiger partial charge in [0, 0.05) is 0 Å². The van der Waals surface area contributed by atoms with Crippen LogP contribution in [0.15, 0.2) is 23.8 Å². The highest BCUT2D eigenvalue weighted by atomic mass is 14.7. The van der Waals surface area contributed by atoms with E-state index in [1.54, 1.807) is 63.4 Å². The van der Waals surface area contributed by atoms with E-state index in [2.05, 4.69) is 117 Å². The van der Waals surface area contributed by atoms with Crippen molar-refractivity contribution in [3.63, 3.8) is 0 Å². The van der Waals surface area contributed by atoms with Crippen molar-refractivity contribution in [2.24, 2.45) is 133 Å². The Balaban J connectivity index is 0.000000117. The smallest absolute Gasteiger partial charge is 0.0149 e. The second kappa shape index (κ2) is 15.5. The third-order valence-electron chi connectivity index (χ3n) is 25.7. The van der Waals surface area contributed by atoms with Gasteiger partial charge in [0.2, 0.25) is 0 Å². The van der Waals surface area contributed by atoms with E-state index in [1.807, 2.05) is 0 Å². The maximum atomic E-state index is 4.13. The van der Waals surface area contributed by atoms with E-state index in [0.717, 1.165) is 94.7 Å². The lowest BCUT2D eigenvalue weighted by Gasteiger charge is -2.67. The van der Waals surface area contributed by atoms with Crippen molar-refractivity contribution in [3.05, 3.63) is 23.8 Å². The van der Waals surface area contributed by atoms with Crippen LogP contribution in [0.25, 0.3) is 0 Å². The van der Waals surface area contributed by atoms with E-state index in [9.17, 15) is 0 Å². The molecule has 0 aromatic rings. The van der Waals surface area contributed by atoms with Crippen molar-refractivity contribution in [2.75, 3.05) is 0 Å². The average molecular weight is 838 g/mol. The normalized spacial score (nSPS) is 49.8. The summed E-state index contributed by atoms with van der Waals surface area (Å²) in [6.07, 6.45) is 29.5. The van der Waals surface area contributed by atoms with E-state index in [1.165, 1.54) is 63.4 Å². The molecule has 0 aromatic heterocycles. The molecular weight excluding hydrogens is 733 g/mol. The first-order valence-corrected chi connectivity index (χ1v) is 27.1. The molecule has 0 spiro atoms. The van der Waals surface area contributed by atoms with Gasteiger partial charge in [-0.3, -0.25) is 0 Å². The van der Waals surface area contributed by atoms with Crippen LogP contribution in [0.3, 0.4) is 0 Å². The fraction of sp³-hybridized carbons (Fsp3) is 0.934. The van der Waals surface area contributed by atoms with E-state index in [-0.39, 0.29) is 7.43 Å². The van der Waals surface area contributed by atoms with Crippen LogP contribution in [0.1, 0.15) is 227 Å². The zero-order valence-electron chi connectivity index (χ0n) is 42.7. The van der Waals surface area contributed by atoms with Crippen molar-refractivity contribution in [2.45, 2.75) is 227 Å². The van der Waals surface area contributed by atoms with Crippen LogP contribution >= 0.6 is 0 Å². The van der Waals surface area contributed by atoms with Crippen LogP contribution in [-0.4, -0.2) is 0 Å². The monoisotopic (exact) mass is 837 g/mol. The molecule has 0 nitrogen and oxygen atoms in total. The van der Waals surface area contributed by atoms with Gasteiger partial charge in [0.05, 0.1) is 0 Å². The van der Waals surface area contributed by atoms with Gasteiger partial charge < -0.3 is 0 Å². The highest BCUT2D eigenvalue weighted by Gasteiger charge is 2.62. The molecule has 0 heteroatoms. The van der Waals surface area contributed by atoms with Crippen molar-refractivity contribution >= 4 is 0 Å². The Kier molecular flexibility index (Phi) is 12.0. The maximum Gasteiger partial charge on any atom is -0.0149 e. The standard InChI is InChI=1S/2C20H34.2C10H16.CH4/c1-12-14(9-16-11-17(12)20(16,4)5)8-13-6-7-15-10-18(13)19(15,2)3;1-18(2)14-7-6-13(16(18)10-14)12-20(5)9-8-15-11-17(20)19(15,3)4;2*1-7-4-5-8-6-9(7)10(8,2)3;/h12-18H,6-11H2,1-5H3;13-17H,6-12H2,1-5H3;4,8-9H,5-6H2,1-3H3;8-9H,1,4-6H2,2-3H3;1H4. The fourth-order valence-corrected chi connectivity index (χ4v) is 20.0. The van der Waals surface area contributed by atoms with E-state index < -0.39 is 0 Å². The number of hydrogen-bond acceptors (Lipinski definition) is 0. The molecule has 0 heterocycles. The molecule has 348 valence electrons. The first-order chi connectivity index (χ1) is 27.8. The van der Waals surface area contributed by atoms with Crippen molar-refractivity contribution in [1.82, 2.24) is 0 Å². The summed E-state index contributed by atoms with van der Waals surface area (Å²) in [5.74, 6) is 16.4. The number of hydrogen-bond donors (Lipinski definition) is 0. The Morgan fingerprint density at radius 1 is 0.508 bits per heavy atom. The molecule has 12 bridgehead atoms. The lowest BCUT2D eigenvalue weighted by Crippen LogP contribution is -2.59. The third-order valence-corrected chi connectivity index (χ3v) is 25.7. The summed E-state index contributed by atoms with van der Waals surface area (Å²) in [4.78, 5) is 0. The number of fused-ring (bicyclic) bond motifs is 11. The van der Waals surface area contributed by atoms with Gasteiger partial charge in [0.25, 0.3) is 0 Å². The quantitative estimate of drug-likeness (QED) is 0.248. The zero-order valence-corrected chi connectivity index (χ0v) is 42.7. The van der Waals surface area contributed by atoms with Gasteiger partial charge >= 0.3 is 0 Å². The van der Waals surface area contributed by atoms with Crippen LogP contribution in [-0.2, 0) is 0 Å². The maximum absolute atomic E-state index is 4.13. The van der Waals surface area contributed by atoms with Gasteiger partial charge in [-0.15, -0.1) is 0 Å². The largest absolute Gasteiger partial charge is 0.0996 e. The zero-order chi connectivity index (χ0) is 43.3. The molecule has 17 atom stereocenters. The molecule has 0 saturated heterocycles. The summed E-state index contributed by atoms with van der Waals surface area (Å²) >= 11 is 0. The Bertz CT molecular complexity index is 1650. The van der Waals surface area contributed by atoms with E-state index in [0.29, 0.717) is 37.9 Å². The second-order valence-corrected chi connectivity index (χ2v) is 29.5. The summed E-state index contributed by atoms with van der Waals surface area (Å²) in [5, 5.41) is 0. The summed E-state index contributed by atoms with van der Waals surface area (Å²) in [6, 6.07) is 0. The van der Waals surface area contributed by atoms with E-state index in [4.69, 9.17) is 0 Å². The second-order valence-electron chi connectivity index (χ2n) is 29.5.